The third-order valence-corrected chi connectivity index (χ3v) is 31.9. The summed E-state index contributed by atoms with van der Waals surface area (Å²) >= 11 is 0. The molecule has 0 aromatic heterocycles. The molecule has 408 valence electrons. The molecule has 69 heavy (non-hydrogen) atoms. The van der Waals surface area contributed by atoms with E-state index in [2.05, 4.69) is 118 Å². The number of nitrogens with zero attached hydrogens (tertiary/aromatic N) is 2. The van der Waals surface area contributed by atoms with Crippen LogP contribution in [0.15, 0.2) is 60.7 Å². The Bertz CT molecular complexity index is 1490. The molecule has 22 heteroatoms. The summed E-state index contributed by atoms with van der Waals surface area (Å²) in [5, 5.41) is 19.4. The van der Waals surface area contributed by atoms with Gasteiger partial charge in [-0.15, -0.1) is 0 Å². The van der Waals surface area contributed by atoms with Crippen LogP contribution in [0.3, 0.4) is 0 Å². The van der Waals surface area contributed by atoms with Gasteiger partial charge in [-0.3, -0.25) is 0 Å². The van der Waals surface area contributed by atoms with E-state index in [1.807, 2.05) is 24.7 Å². The highest BCUT2D eigenvalue weighted by Crippen LogP contribution is 2.24. The van der Waals surface area contributed by atoms with E-state index in [1.165, 1.54) is 52.7 Å². The Hall–Kier alpha value is -0.802. The third kappa shape index (κ3) is 30.9. The number of anilines is 1. The number of likely N-dealkylation sites (tertiary alicyclic amines) is 1. The number of rotatable bonds is 28. The third-order valence-electron chi connectivity index (χ3n) is 11.1. The van der Waals surface area contributed by atoms with E-state index < -0.39 is 59.4 Å². The van der Waals surface area contributed by atoms with Crippen molar-refractivity contribution in [3.05, 3.63) is 60.7 Å². The summed E-state index contributed by atoms with van der Waals surface area (Å²) in [6.45, 7) is 29.2. The zero-order valence-electron chi connectivity index (χ0n) is 45.2. The van der Waals surface area contributed by atoms with E-state index in [4.69, 9.17) is 58.6 Å². The van der Waals surface area contributed by atoms with Gasteiger partial charge in [0, 0.05) is 68.6 Å². The van der Waals surface area contributed by atoms with Crippen molar-refractivity contribution in [1.82, 2.24) is 4.90 Å². The molecule has 1 saturated heterocycles. The fraction of sp³-hybridized carbons (Fsp3) is 0.745. The molecule has 0 amide bonds. The van der Waals surface area contributed by atoms with Gasteiger partial charge in [-0.05, 0) is 116 Å². The van der Waals surface area contributed by atoms with Crippen molar-refractivity contribution in [1.29, 1.82) is 0 Å². The Morgan fingerprint density at radius 2 is 1.10 bits per heavy atom. The van der Waals surface area contributed by atoms with E-state index in [0.29, 0.717) is 19.4 Å². The second-order valence-electron chi connectivity index (χ2n) is 19.2. The van der Waals surface area contributed by atoms with Gasteiger partial charge in [0.25, 0.3) is 0 Å². The first kappa shape index (κ1) is 72.4. The molecule has 3 rings (SSSR count). The van der Waals surface area contributed by atoms with Gasteiger partial charge in [0.2, 0.25) is 0 Å². The Morgan fingerprint density at radius 1 is 0.609 bits per heavy atom. The quantitative estimate of drug-likeness (QED) is 0.0618. The predicted molar refractivity (Wildman–Crippen MR) is 305 cm³/mol. The lowest BCUT2D eigenvalue weighted by atomic mass is 10.1. The first-order valence-corrected chi connectivity index (χ1v) is 42.6. The molecule has 1 aliphatic heterocycles. The van der Waals surface area contributed by atoms with E-state index in [9.17, 15) is 0 Å². The summed E-state index contributed by atoms with van der Waals surface area (Å²) in [6.07, 6.45) is 7.21. The van der Waals surface area contributed by atoms with Crippen LogP contribution in [-0.2, 0) is 48.4 Å². The fourth-order valence-corrected chi connectivity index (χ4v) is 28.1. The molecule has 0 spiro atoms. The standard InChI is InChI=1S/C14H23NSi.C12H21NO3Si.C12H32O4Si3.C7H20O6Si2.2CH4/c1-16(2,14-9-5-3-6-10-14)13-15-11-7-4-8-12-15;1-5-13(12-9-7-6-8-10-12)11-17(14-2,15-3)16-4;1-17(2,3)15-19(6,7)16-18(4,5)12-8-10-14-11-9-13;1-9-14(5,10-2)7-13-15(6-8,11-3)12-4;;/h3,5-6,9-10H,4,7-8,11-13H2,1-2H3;6-10H,5,11H2,1-4H3;13H,8-12H2,1-7H3;8H,6-7H2,1-5H3;2*1H4. The van der Waals surface area contributed by atoms with Crippen LogP contribution in [-0.4, -0.2) is 189 Å². The average Bonchev–Trinajstić information content (AvgIpc) is 3.30. The van der Waals surface area contributed by atoms with Crippen LogP contribution in [0.4, 0.5) is 5.69 Å². The van der Waals surface area contributed by atoms with Crippen molar-refractivity contribution in [2.45, 2.75) is 119 Å². The minimum atomic E-state index is -2.93. The monoisotopic (exact) mass is 1100 g/mol. The van der Waals surface area contributed by atoms with E-state index >= 15 is 0 Å². The van der Waals surface area contributed by atoms with Gasteiger partial charge < -0.3 is 68.4 Å². The molecule has 0 saturated carbocycles. The second-order valence-corrected chi connectivity index (χ2v) is 45.6. The number of para-hydroxylation sites is 1. The lowest BCUT2D eigenvalue weighted by molar-refractivity contribution is 0.0759. The van der Waals surface area contributed by atoms with E-state index in [0.717, 1.165) is 24.7 Å². The van der Waals surface area contributed by atoms with Gasteiger partial charge in [-0.1, -0.05) is 88.1 Å². The van der Waals surface area contributed by atoms with Crippen LogP contribution >= 0.6 is 0 Å². The van der Waals surface area contributed by atoms with Crippen LogP contribution in [0.1, 0.15) is 47.5 Å². The van der Waals surface area contributed by atoms with Gasteiger partial charge in [-0.25, -0.2) is 0 Å². The van der Waals surface area contributed by atoms with Crippen molar-refractivity contribution in [2.75, 3.05) is 119 Å². The predicted octanol–water partition coefficient (Wildman–Crippen LogP) is 8.66. The SMILES string of the molecule is C.C.CCN(C[Si](OC)(OC)OC)c1ccccc1.CO[Si](C)(CO[Si](CO)(OC)OC)OC.C[Si](C)(C)O[Si](C)(C)O[Si](C)(C)CCCOCCO.C[Si](C)(CN1CCCCC1)c1ccccc1. The highest BCUT2D eigenvalue weighted by Gasteiger charge is 2.43. The van der Waals surface area contributed by atoms with Gasteiger partial charge in [0.1, 0.15) is 6.23 Å². The summed E-state index contributed by atoms with van der Waals surface area (Å²) in [5.41, 5.74) is 1.15. The fourth-order valence-electron chi connectivity index (χ4n) is 7.42. The number of hydrogen-bond acceptors (Lipinski definition) is 15. The molecule has 15 nitrogen and oxygen atoms in total. The number of benzene rings is 2. The average molecular weight is 1100 g/mol. The molecule has 0 radical (unpaired) electrons. The minimum absolute atomic E-state index is 0. The van der Waals surface area contributed by atoms with E-state index in [1.54, 1.807) is 40.7 Å². The maximum Gasteiger partial charge on any atom is 0.527 e. The van der Waals surface area contributed by atoms with Crippen molar-refractivity contribution >= 4 is 70.3 Å². The molecule has 1 aliphatic rings. The van der Waals surface area contributed by atoms with Crippen LogP contribution in [0.2, 0.25) is 71.5 Å². The van der Waals surface area contributed by atoms with Crippen LogP contribution in [0.5, 0.6) is 0 Å². The first-order valence-electron chi connectivity index (χ1n) is 23.7. The minimum Gasteiger partial charge on any atom is -0.437 e. The summed E-state index contributed by atoms with van der Waals surface area (Å²) in [5.74, 6) is 0. The largest absolute Gasteiger partial charge is 0.527 e. The molecular weight excluding hydrogens is 997 g/mol. The zero-order chi connectivity index (χ0) is 51.3. The molecule has 0 unspecified atom stereocenters. The van der Waals surface area contributed by atoms with Crippen molar-refractivity contribution in [2.24, 2.45) is 0 Å². The normalized spacial score (nSPS) is 13.9. The Kier molecular flexibility index (Phi) is 38.9. The summed E-state index contributed by atoms with van der Waals surface area (Å²) in [7, 11) is -3.32. The zero-order valence-corrected chi connectivity index (χ0v) is 52.2. The molecular formula is C47H104N2O13Si7. The molecule has 0 bridgehead atoms. The Balaban J connectivity index is -0.000000836. The molecule has 0 aliphatic carbocycles. The Morgan fingerprint density at radius 3 is 1.52 bits per heavy atom. The molecule has 2 aromatic carbocycles. The lowest BCUT2D eigenvalue weighted by Gasteiger charge is -2.37. The smallest absolute Gasteiger partial charge is 0.437 e. The molecule has 0 atom stereocenters. The number of aliphatic hydroxyl groups excluding tert-OH is 2. The van der Waals surface area contributed by atoms with Crippen molar-refractivity contribution < 1.29 is 58.6 Å². The topological polar surface area (TPSA) is 148 Å². The Labute approximate surface area is 430 Å². The first-order chi connectivity index (χ1) is 31.4. The summed E-state index contributed by atoms with van der Waals surface area (Å²) in [4.78, 5) is 4.88. The highest BCUT2D eigenvalue weighted by molar-refractivity contribution is 6.90. The molecule has 1 fully saturated rings. The number of hydrogen-bond donors (Lipinski definition) is 2. The highest BCUT2D eigenvalue weighted by atomic mass is 28.5. The van der Waals surface area contributed by atoms with Crippen LogP contribution < -0.4 is 10.1 Å². The van der Waals surface area contributed by atoms with Gasteiger partial charge in [0.15, 0.2) is 16.6 Å². The van der Waals surface area contributed by atoms with Crippen molar-refractivity contribution in [3.8, 4) is 0 Å². The van der Waals surface area contributed by atoms with Crippen LogP contribution in [0.25, 0.3) is 0 Å². The maximum absolute atomic E-state index is 9.14. The van der Waals surface area contributed by atoms with Crippen LogP contribution in [0, 0.1) is 0 Å². The van der Waals surface area contributed by atoms with Gasteiger partial charge >= 0.3 is 34.7 Å². The summed E-state index contributed by atoms with van der Waals surface area (Å²) in [6, 6.07) is 22.4. The molecule has 2 aromatic rings. The number of ether oxygens (including phenoxy) is 1. The molecule has 1 heterocycles. The number of piperidine rings is 1. The van der Waals surface area contributed by atoms with Gasteiger partial charge in [0.05, 0.1) is 33.7 Å². The summed E-state index contributed by atoms with van der Waals surface area (Å²) < 4.78 is 60.4. The number of aliphatic hydroxyl groups is 2. The second kappa shape index (κ2) is 37.0. The van der Waals surface area contributed by atoms with Gasteiger partial charge in [-0.2, -0.15) is 0 Å². The molecule has 2 N–H and O–H groups in total. The maximum atomic E-state index is 9.14. The van der Waals surface area contributed by atoms with E-state index in [-0.39, 0.29) is 33.9 Å². The lowest BCUT2D eigenvalue weighted by Crippen LogP contribution is -2.53. The van der Waals surface area contributed by atoms with Crippen molar-refractivity contribution in [3.63, 3.8) is 0 Å².